The molecule has 0 aliphatic heterocycles. The van der Waals surface area contributed by atoms with Crippen LogP contribution in [0.1, 0.15) is 44.9 Å². The van der Waals surface area contributed by atoms with E-state index in [2.05, 4.69) is 22.7 Å². The molecule has 0 rings (SSSR count). The fraction of sp³-hybridized carbons (Fsp3) is 0.667. The molecule has 0 aromatic carbocycles. The topological polar surface area (TPSA) is 64.3 Å². The first-order chi connectivity index (χ1) is 9.24. The van der Waals surface area contributed by atoms with Gasteiger partial charge < -0.3 is 15.8 Å². The van der Waals surface area contributed by atoms with Gasteiger partial charge in [-0.1, -0.05) is 19.1 Å². The number of rotatable bonds is 12. The summed E-state index contributed by atoms with van der Waals surface area (Å²) in [4.78, 5) is 10.9. The number of esters is 1. The molecule has 4 heteroatoms. The molecule has 19 heavy (non-hydrogen) atoms. The normalized spacial score (nSPS) is 11.2. The van der Waals surface area contributed by atoms with Crippen molar-refractivity contribution in [1.82, 2.24) is 5.32 Å². The second-order valence-corrected chi connectivity index (χ2v) is 4.46. The molecule has 0 aromatic rings. The van der Waals surface area contributed by atoms with Crippen molar-refractivity contribution in [3.05, 3.63) is 24.4 Å². The minimum absolute atomic E-state index is 0.133. The van der Waals surface area contributed by atoms with Crippen LogP contribution in [-0.4, -0.2) is 26.2 Å². The highest BCUT2D eigenvalue weighted by Crippen LogP contribution is 2.04. The third kappa shape index (κ3) is 11.5. The number of nitrogens with one attached hydrogen (secondary N) is 1. The monoisotopic (exact) mass is 268 g/mol. The van der Waals surface area contributed by atoms with Crippen molar-refractivity contribution in [1.29, 1.82) is 0 Å². The minimum atomic E-state index is -0.133. The standard InChI is InChI=1S/C15H28N2O2/c1-3-14(17-13-9-5-8-12-16)10-6-4-7-11-15(18)19-2/h3,10,17H,1,4-9,11-13,16H2,2H3/b14-10+. The summed E-state index contributed by atoms with van der Waals surface area (Å²) in [7, 11) is 1.42. The van der Waals surface area contributed by atoms with E-state index >= 15 is 0 Å². The van der Waals surface area contributed by atoms with Gasteiger partial charge in [0.1, 0.15) is 0 Å². The smallest absolute Gasteiger partial charge is 0.305 e. The summed E-state index contributed by atoms with van der Waals surface area (Å²) in [6.45, 7) is 5.52. The summed E-state index contributed by atoms with van der Waals surface area (Å²) in [5.74, 6) is -0.133. The molecule has 0 fully saturated rings. The Hall–Kier alpha value is -1.29. The van der Waals surface area contributed by atoms with Crippen LogP contribution in [0.4, 0.5) is 0 Å². The minimum Gasteiger partial charge on any atom is -0.469 e. The van der Waals surface area contributed by atoms with E-state index < -0.39 is 0 Å². The van der Waals surface area contributed by atoms with Crippen LogP contribution in [-0.2, 0) is 9.53 Å². The van der Waals surface area contributed by atoms with Crippen LogP contribution in [0.5, 0.6) is 0 Å². The SMILES string of the molecule is C=C/C(=C\CCCCC(=O)OC)NCCCCCN. The van der Waals surface area contributed by atoms with E-state index in [-0.39, 0.29) is 5.97 Å². The zero-order chi connectivity index (χ0) is 14.3. The van der Waals surface area contributed by atoms with Crippen molar-refractivity contribution in [2.45, 2.75) is 44.9 Å². The first-order valence-corrected chi connectivity index (χ1v) is 7.08. The first kappa shape index (κ1) is 17.7. The average molecular weight is 268 g/mol. The van der Waals surface area contributed by atoms with Crippen molar-refractivity contribution >= 4 is 5.97 Å². The molecule has 0 amide bonds. The number of methoxy groups -OCH3 is 1. The fourth-order valence-electron chi connectivity index (χ4n) is 1.68. The van der Waals surface area contributed by atoms with Gasteiger partial charge >= 0.3 is 5.97 Å². The number of hydrogen-bond donors (Lipinski definition) is 2. The Balaban J connectivity index is 3.62. The predicted octanol–water partition coefficient (Wildman–Crippen LogP) is 2.51. The Morgan fingerprint density at radius 1 is 1.26 bits per heavy atom. The van der Waals surface area contributed by atoms with Crippen molar-refractivity contribution in [2.75, 3.05) is 20.2 Å². The number of nitrogens with two attached hydrogens (primary N) is 1. The van der Waals surface area contributed by atoms with Crippen LogP contribution in [0, 0.1) is 0 Å². The Bertz CT molecular complexity index is 275. The van der Waals surface area contributed by atoms with E-state index in [1.807, 2.05) is 6.08 Å². The van der Waals surface area contributed by atoms with Gasteiger partial charge in [-0.05, 0) is 44.7 Å². The molecule has 0 saturated carbocycles. The van der Waals surface area contributed by atoms with Gasteiger partial charge in [-0.15, -0.1) is 0 Å². The molecule has 4 nitrogen and oxygen atoms in total. The molecule has 0 aliphatic carbocycles. The largest absolute Gasteiger partial charge is 0.469 e. The number of allylic oxidation sites excluding steroid dienone is 2. The molecule has 0 bridgehead atoms. The zero-order valence-electron chi connectivity index (χ0n) is 12.1. The zero-order valence-corrected chi connectivity index (χ0v) is 12.1. The molecule has 0 radical (unpaired) electrons. The Morgan fingerprint density at radius 2 is 2.05 bits per heavy atom. The van der Waals surface area contributed by atoms with Gasteiger partial charge in [-0.25, -0.2) is 0 Å². The van der Waals surface area contributed by atoms with Gasteiger partial charge in [-0.2, -0.15) is 0 Å². The molecule has 3 N–H and O–H groups in total. The van der Waals surface area contributed by atoms with Crippen LogP contribution in [0.15, 0.2) is 24.4 Å². The highest BCUT2D eigenvalue weighted by Gasteiger charge is 1.98. The third-order valence-corrected chi connectivity index (χ3v) is 2.86. The molecule has 0 spiro atoms. The van der Waals surface area contributed by atoms with Crippen molar-refractivity contribution < 1.29 is 9.53 Å². The van der Waals surface area contributed by atoms with Crippen LogP contribution >= 0.6 is 0 Å². The number of unbranched alkanes of at least 4 members (excludes halogenated alkanes) is 4. The predicted molar refractivity (Wildman–Crippen MR) is 79.7 cm³/mol. The second kappa shape index (κ2) is 13.1. The van der Waals surface area contributed by atoms with E-state index in [1.165, 1.54) is 7.11 Å². The Labute approximate surface area is 117 Å². The second-order valence-electron chi connectivity index (χ2n) is 4.46. The van der Waals surface area contributed by atoms with E-state index in [9.17, 15) is 4.79 Å². The summed E-state index contributed by atoms with van der Waals surface area (Å²) in [5, 5.41) is 3.35. The maximum atomic E-state index is 10.9. The molecule has 0 heterocycles. The lowest BCUT2D eigenvalue weighted by molar-refractivity contribution is -0.140. The Morgan fingerprint density at radius 3 is 2.68 bits per heavy atom. The van der Waals surface area contributed by atoms with Crippen LogP contribution in [0.2, 0.25) is 0 Å². The van der Waals surface area contributed by atoms with E-state index in [0.717, 1.165) is 57.3 Å². The molecule has 110 valence electrons. The maximum absolute atomic E-state index is 10.9. The summed E-state index contributed by atoms with van der Waals surface area (Å²) in [6, 6.07) is 0. The summed E-state index contributed by atoms with van der Waals surface area (Å²) in [6.07, 6.45) is 10.6. The number of carbonyl (C=O) groups excluding carboxylic acids is 1. The first-order valence-electron chi connectivity index (χ1n) is 7.08. The molecular weight excluding hydrogens is 240 g/mol. The number of hydrogen-bond acceptors (Lipinski definition) is 4. The maximum Gasteiger partial charge on any atom is 0.305 e. The number of carbonyl (C=O) groups is 1. The van der Waals surface area contributed by atoms with E-state index in [4.69, 9.17) is 5.73 Å². The lowest BCUT2D eigenvalue weighted by Crippen LogP contribution is -2.13. The van der Waals surface area contributed by atoms with Crippen LogP contribution < -0.4 is 11.1 Å². The van der Waals surface area contributed by atoms with Gasteiger partial charge in [0.15, 0.2) is 0 Å². The highest BCUT2D eigenvalue weighted by molar-refractivity contribution is 5.68. The lowest BCUT2D eigenvalue weighted by Gasteiger charge is -2.07. The average Bonchev–Trinajstić information content (AvgIpc) is 2.44. The highest BCUT2D eigenvalue weighted by atomic mass is 16.5. The van der Waals surface area contributed by atoms with Gasteiger partial charge in [0.25, 0.3) is 0 Å². The van der Waals surface area contributed by atoms with Gasteiger partial charge in [0.2, 0.25) is 0 Å². The Kier molecular flexibility index (Phi) is 12.3. The summed E-state index contributed by atoms with van der Waals surface area (Å²) in [5.41, 5.74) is 6.52. The molecular formula is C15H28N2O2. The van der Waals surface area contributed by atoms with Crippen molar-refractivity contribution in [3.63, 3.8) is 0 Å². The van der Waals surface area contributed by atoms with Crippen molar-refractivity contribution in [3.8, 4) is 0 Å². The van der Waals surface area contributed by atoms with Crippen LogP contribution in [0.3, 0.4) is 0 Å². The van der Waals surface area contributed by atoms with Crippen molar-refractivity contribution in [2.24, 2.45) is 5.73 Å². The molecule has 0 aliphatic rings. The van der Waals surface area contributed by atoms with E-state index in [1.54, 1.807) is 0 Å². The fourth-order valence-corrected chi connectivity index (χ4v) is 1.68. The number of ether oxygens (including phenoxy) is 1. The third-order valence-electron chi connectivity index (χ3n) is 2.86. The summed E-state index contributed by atoms with van der Waals surface area (Å²) < 4.78 is 4.59. The van der Waals surface area contributed by atoms with Gasteiger partial charge in [0, 0.05) is 18.7 Å². The molecule has 0 saturated heterocycles. The molecule has 0 atom stereocenters. The van der Waals surface area contributed by atoms with Gasteiger partial charge in [0.05, 0.1) is 7.11 Å². The molecule has 0 unspecified atom stereocenters. The lowest BCUT2D eigenvalue weighted by atomic mass is 10.1. The quantitative estimate of drug-likeness (QED) is 0.324. The summed E-state index contributed by atoms with van der Waals surface area (Å²) >= 11 is 0. The van der Waals surface area contributed by atoms with Crippen LogP contribution in [0.25, 0.3) is 0 Å². The van der Waals surface area contributed by atoms with E-state index in [0.29, 0.717) is 6.42 Å². The van der Waals surface area contributed by atoms with Gasteiger partial charge in [-0.3, -0.25) is 4.79 Å². The molecule has 0 aromatic heterocycles.